The number of nitrogens with two attached hydrogens (primary N) is 1. The normalized spacial score (nSPS) is 11.9. The molecular weight excluding hydrogens is 284 g/mol. The van der Waals surface area contributed by atoms with E-state index in [4.69, 9.17) is 5.73 Å². The van der Waals surface area contributed by atoms with Crippen molar-refractivity contribution in [2.45, 2.75) is 58.4 Å². The summed E-state index contributed by atoms with van der Waals surface area (Å²) in [5.41, 5.74) is 8.49. The Morgan fingerprint density at radius 2 is 1.71 bits per heavy atom. The van der Waals surface area contributed by atoms with Crippen molar-refractivity contribution >= 4 is 18.3 Å². The van der Waals surface area contributed by atoms with E-state index in [0.717, 1.165) is 24.8 Å². The molecule has 21 heavy (non-hydrogen) atoms. The van der Waals surface area contributed by atoms with Crippen LogP contribution >= 0.6 is 12.4 Å². The molecule has 3 nitrogen and oxygen atoms in total. The van der Waals surface area contributed by atoms with Crippen LogP contribution in [-0.4, -0.2) is 12.5 Å². The zero-order valence-electron chi connectivity index (χ0n) is 13.4. The first-order valence-electron chi connectivity index (χ1n) is 7.66. The number of hydrogen-bond acceptors (Lipinski definition) is 2. The summed E-state index contributed by atoms with van der Waals surface area (Å²) in [6.45, 7) is 6.98. The summed E-state index contributed by atoms with van der Waals surface area (Å²) in [5, 5.41) is 2.91. The molecule has 0 saturated carbocycles. The Hall–Kier alpha value is -1.06. The van der Waals surface area contributed by atoms with Gasteiger partial charge in [-0.25, -0.2) is 0 Å². The van der Waals surface area contributed by atoms with Crippen LogP contribution < -0.4 is 11.1 Å². The van der Waals surface area contributed by atoms with Crippen molar-refractivity contribution < 1.29 is 4.79 Å². The van der Waals surface area contributed by atoms with Gasteiger partial charge < -0.3 is 11.1 Å². The SMILES string of the molecule is CCCCCC(=O)NCC(N)c1ccc(C(C)C)cc1.Cl. The number of amides is 1. The molecule has 4 heteroatoms. The zero-order valence-corrected chi connectivity index (χ0v) is 14.2. The topological polar surface area (TPSA) is 55.1 Å². The predicted octanol–water partition coefficient (Wildman–Crippen LogP) is 3.93. The number of hydrogen-bond donors (Lipinski definition) is 2. The first-order valence-corrected chi connectivity index (χ1v) is 7.66. The molecule has 0 bridgehead atoms. The van der Waals surface area contributed by atoms with Gasteiger partial charge in [0.2, 0.25) is 5.91 Å². The maximum atomic E-state index is 11.6. The molecular formula is C17H29ClN2O. The number of nitrogens with one attached hydrogen (secondary N) is 1. The Labute approximate surface area is 135 Å². The highest BCUT2D eigenvalue weighted by molar-refractivity contribution is 5.85. The smallest absolute Gasteiger partial charge is 0.220 e. The summed E-state index contributed by atoms with van der Waals surface area (Å²) in [6, 6.07) is 8.21. The average Bonchev–Trinajstić information content (AvgIpc) is 2.45. The van der Waals surface area contributed by atoms with Crippen LogP contribution in [-0.2, 0) is 4.79 Å². The van der Waals surface area contributed by atoms with E-state index in [0.29, 0.717) is 18.9 Å². The molecule has 1 amide bonds. The van der Waals surface area contributed by atoms with Gasteiger partial charge in [0, 0.05) is 19.0 Å². The van der Waals surface area contributed by atoms with Crippen LogP contribution in [0.25, 0.3) is 0 Å². The van der Waals surface area contributed by atoms with Crippen LogP contribution in [0.2, 0.25) is 0 Å². The van der Waals surface area contributed by atoms with Gasteiger partial charge in [0.05, 0.1) is 0 Å². The number of carbonyl (C=O) groups excluding carboxylic acids is 1. The molecule has 0 heterocycles. The lowest BCUT2D eigenvalue weighted by atomic mass is 9.99. The summed E-state index contributed by atoms with van der Waals surface area (Å²) >= 11 is 0. The number of benzene rings is 1. The van der Waals surface area contributed by atoms with E-state index in [1.54, 1.807) is 0 Å². The molecule has 1 rings (SSSR count). The van der Waals surface area contributed by atoms with Crippen molar-refractivity contribution in [3.05, 3.63) is 35.4 Å². The van der Waals surface area contributed by atoms with E-state index >= 15 is 0 Å². The Morgan fingerprint density at radius 1 is 1.14 bits per heavy atom. The molecule has 0 aliphatic rings. The minimum atomic E-state index is -0.133. The zero-order chi connectivity index (χ0) is 15.0. The summed E-state index contributed by atoms with van der Waals surface area (Å²) < 4.78 is 0. The lowest BCUT2D eigenvalue weighted by Gasteiger charge is -2.14. The van der Waals surface area contributed by atoms with Gasteiger partial charge in [-0.1, -0.05) is 57.9 Å². The summed E-state index contributed by atoms with van der Waals surface area (Å²) in [5.74, 6) is 0.631. The van der Waals surface area contributed by atoms with Crippen LogP contribution in [0, 0.1) is 0 Å². The van der Waals surface area contributed by atoms with Crippen LogP contribution in [0.1, 0.15) is 69.5 Å². The minimum absolute atomic E-state index is 0. The molecule has 1 unspecified atom stereocenters. The van der Waals surface area contributed by atoms with E-state index in [9.17, 15) is 4.79 Å². The van der Waals surface area contributed by atoms with E-state index in [1.807, 2.05) is 0 Å². The minimum Gasteiger partial charge on any atom is -0.354 e. The van der Waals surface area contributed by atoms with E-state index in [2.05, 4.69) is 50.4 Å². The predicted molar refractivity (Wildman–Crippen MR) is 91.9 cm³/mol. The van der Waals surface area contributed by atoms with Gasteiger partial charge in [0.1, 0.15) is 0 Å². The monoisotopic (exact) mass is 312 g/mol. The molecule has 0 aliphatic carbocycles. The lowest BCUT2D eigenvalue weighted by Crippen LogP contribution is -2.31. The fraction of sp³-hybridized carbons (Fsp3) is 0.588. The standard InChI is InChI=1S/C17H28N2O.ClH/c1-4-5-6-7-17(20)19-12-16(18)15-10-8-14(9-11-15)13(2)3;/h8-11,13,16H,4-7,12,18H2,1-3H3,(H,19,20);1H. The second kappa shape index (κ2) is 10.6. The number of unbranched alkanes of at least 4 members (excludes halogenated alkanes) is 2. The Kier molecular flexibility index (Phi) is 10.1. The van der Waals surface area contributed by atoms with Crippen molar-refractivity contribution in [2.75, 3.05) is 6.54 Å². The van der Waals surface area contributed by atoms with Gasteiger partial charge >= 0.3 is 0 Å². The van der Waals surface area contributed by atoms with Crippen LogP contribution in [0.15, 0.2) is 24.3 Å². The van der Waals surface area contributed by atoms with Crippen molar-refractivity contribution in [1.82, 2.24) is 5.32 Å². The van der Waals surface area contributed by atoms with Crippen LogP contribution in [0.4, 0.5) is 0 Å². The van der Waals surface area contributed by atoms with Gasteiger partial charge in [-0.3, -0.25) is 4.79 Å². The quantitative estimate of drug-likeness (QED) is 0.715. The van der Waals surface area contributed by atoms with Crippen molar-refractivity contribution in [3.8, 4) is 0 Å². The Morgan fingerprint density at radius 3 is 2.24 bits per heavy atom. The molecule has 0 radical (unpaired) electrons. The number of halogens is 1. The van der Waals surface area contributed by atoms with Crippen LogP contribution in [0.5, 0.6) is 0 Å². The highest BCUT2D eigenvalue weighted by Crippen LogP contribution is 2.17. The van der Waals surface area contributed by atoms with Gasteiger partial charge in [-0.05, 0) is 23.5 Å². The van der Waals surface area contributed by atoms with Gasteiger partial charge in [-0.2, -0.15) is 0 Å². The first kappa shape index (κ1) is 19.9. The summed E-state index contributed by atoms with van der Waals surface area (Å²) in [6.07, 6.45) is 3.80. The Balaban J connectivity index is 0.00000400. The first-order chi connectivity index (χ1) is 9.54. The molecule has 1 aromatic rings. The molecule has 0 spiro atoms. The second-order valence-corrected chi connectivity index (χ2v) is 5.69. The second-order valence-electron chi connectivity index (χ2n) is 5.69. The maximum Gasteiger partial charge on any atom is 0.220 e. The van der Waals surface area contributed by atoms with E-state index in [-0.39, 0.29) is 24.4 Å². The highest BCUT2D eigenvalue weighted by atomic mass is 35.5. The molecule has 0 aromatic heterocycles. The average molecular weight is 313 g/mol. The number of carbonyl (C=O) groups is 1. The Bertz CT molecular complexity index is 404. The van der Waals surface area contributed by atoms with Crippen molar-refractivity contribution in [3.63, 3.8) is 0 Å². The third-order valence-electron chi connectivity index (χ3n) is 3.56. The van der Waals surface area contributed by atoms with Crippen molar-refractivity contribution in [1.29, 1.82) is 0 Å². The van der Waals surface area contributed by atoms with Gasteiger partial charge in [0.25, 0.3) is 0 Å². The third-order valence-corrected chi connectivity index (χ3v) is 3.56. The van der Waals surface area contributed by atoms with Gasteiger partial charge in [0.15, 0.2) is 0 Å². The number of rotatable bonds is 8. The molecule has 0 saturated heterocycles. The molecule has 1 aromatic carbocycles. The molecule has 120 valence electrons. The van der Waals surface area contributed by atoms with Crippen molar-refractivity contribution in [2.24, 2.45) is 5.73 Å². The molecule has 1 atom stereocenters. The largest absolute Gasteiger partial charge is 0.354 e. The molecule has 0 aliphatic heterocycles. The molecule has 0 fully saturated rings. The third kappa shape index (κ3) is 7.49. The molecule has 3 N–H and O–H groups in total. The van der Waals surface area contributed by atoms with E-state index in [1.165, 1.54) is 5.56 Å². The maximum absolute atomic E-state index is 11.6. The van der Waals surface area contributed by atoms with E-state index < -0.39 is 0 Å². The highest BCUT2D eigenvalue weighted by Gasteiger charge is 2.08. The lowest BCUT2D eigenvalue weighted by molar-refractivity contribution is -0.121. The fourth-order valence-electron chi connectivity index (χ4n) is 2.09. The summed E-state index contributed by atoms with van der Waals surface area (Å²) in [7, 11) is 0. The van der Waals surface area contributed by atoms with Gasteiger partial charge in [-0.15, -0.1) is 12.4 Å². The summed E-state index contributed by atoms with van der Waals surface area (Å²) in [4.78, 5) is 11.6. The van der Waals surface area contributed by atoms with Crippen LogP contribution in [0.3, 0.4) is 0 Å². The fourth-order valence-corrected chi connectivity index (χ4v) is 2.09.